The third kappa shape index (κ3) is 5.23. The van der Waals surface area contributed by atoms with Crippen molar-refractivity contribution in [3.63, 3.8) is 0 Å². The van der Waals surface area contributed by atoms with E-state index in [2.05, 4.69) is 44.2 Å². The molecule has 0 amide bonds. The molecule has 0 aliphatic carbocycles. The zero-order valence-electron chi connectivity index (χ0n) is 15.7. The van der Waals surface area contributed by atoms with Crippen LogP contribution in [0.5, 0.6) is 0 Å². The zero-order chi connectivity index (χ0) is 19.3. The lowest BCUT2D eigenvalue weighted by molar-refractivity contribution is 0.486. The molecule has 2 aromatic carbocycles. The van der Waals surface area contributed by atoms with Crippen molar-refractivity contribution in [3.05, 3.63) is 65.7 Å². The smallest absolute Gasteiger partial charge is 0.229 e. The van der Waals surface area contributed by atoms with Crippen LogP contribution in [-0.4, -0.2) is 45.7 Å². The number of benzene rings is 2. The molecule has 1 aliphatic heterocycles. The number of para-hydroxylation sites is 1. The van der Waals surface area contributed by atoms with Gasteiger partial charge in [0.1, 0.15) is 0 Å². The highest BCUT2D eigenvalue weighted by Gasteiger charge is 2.25. The lowest BCUT2D eigenvalue weighted by atomic mass is 9.99. The minimum Gasteiger partial charge on any atom is -0.352 e. The van der Waals surface area contributed by atoms with Gasteiger partial charge in [-0.3, -0.25) is 9.71 Å². The van der Waals surface area contributed by atoms with Crippen molar-refractivity contribution >= 4 is 21.7 Å². The van der Waals surface area contributed by atoms with Crippen LogP contribution in [-0.2, 0) is 16.6 Å². The number of anilines is 1. The van der Waals surface area contributed by atoms with Gasteiger partial charge >= 0.3 is 0 Å². The molecule has 144 valence electrons. The van der Waals surface area contributed by atoms with Crippen molar-refractivity contribution in [3.8, 4) is 0 Å². The molecular weight excluding hydrogens is 360 g/mol. The predicted molar refractivity (Wildman–Crippen MR) is 110 cm³/mol. The molecule has 2 N–H and O–H groups in total. The number of likely N-dealkylation sites (tertiary alicyclic amines) is 1. The fourth-order valence-electron chi connectivity index (χ4n) is 3.43. The molecule has 2 aromatic rings. The standard InChI is InChI=1S/C20H26N4O2S/c1-21-20(24-13-12-18(15-24)16-8-4-3-5-9-16)22-14-17-10-6-7-11-19(17)23-27(2,25)26/h3-11,18,23H,12-15H2,1-2H3,(H,21,22). The molecule has 3 rings (SSSR count). The first-order valence-electron chi connectivity index (χ1n) is 9.02. The Labute approximate surface area is 161 Å². The van der Waals surface area contributed by atoms with Crippen LogP contribution < -0.4 is 10.0 Å². The normalized spacial score (nSPS) is 17.8. The number of nitrogens with zero attached hydrogens (tertiary/aromatic N) is 2. The predicted octanol–water partition coefficient (Wildman–Crippen LogP) is 2.62. The van der Waals surface area contributed by atoms with E-state index >= 15 is 0 Å². The summed E-state index contributed by atoms with van der Waals surface area (Å²) in [5, 5.41) is 3.37. The summed E-state index contributed by atoms with van der Waals surface area (Å²) in [7, 11) is -1.54. The highest BCUT2D eigenvalue weighted by atomic mass is 32.2. The highest BCUT2D eigenvalue weighted by Crippen LogP contribution is 2.27. The Kier molecular flexibility index (Phi) is 6.01. The van der Waals surface area contributed by atoms with Gasteiger partial charge in [-0.2, -0.15) is 0 Å². The fraction of sp³-hybridized carbons (Fsp3) is 0.350. The summed E-state index contributed by atoms with van der Waals surface area (Å²) in [5.74, 6) is 1.34. The maximum absolute atomic E-state index is 11.6. The van der Waals surface area contributed by atoms with Crippen LogP contribution in [0.1, 0.15) is 23.5 Å². The Bertz CT molecular complexity index is 897. The van der Waals surface area contributed by atoms with Gasteiger partial charge in [0.25, 0.3) is 0 Å². The Balaban J connectivity index is 1.64. The minimum atomic E-state index is -3.32. The van der Waals surface area contributed by atoms with Crippen LogP contribution in [0, 0.1) is 0 Å². The summed E-state index contributed by atoms with van der Waals surface area (Å²) < 4.78 is 25.7. The van der Waals surface area contributed by atoms with E-state index in [-0.39, 0.29) is 0 Å². The van der Waals surface area contributed by atoms with Crippen molar-refractivity contribution < 1.29 is 8.42 Å². The van der Waals surface area contributed by atoms with Crippen LogP contribution in [0.3, 0.4) is 0 Å². The molecule has 0 aromatic heterocycles. The Morgan fingerprint density at radius 3 is 2.56 bits per heavy atom. The molecule has 1 heterocycles. The molecule has 6 nitrogen and oxygen atoms in total. The van der Waals surface area contributed by atoms with E-state index in [9.17, 15) is 8.42 Å². The van der Waals surface area contributed by atoms with Gasteiger partial charge in [0, 0.05) is 32.6 Å². The van der Waals surface area contributed by atoms with Crippen molar-refractivity contribution in [2.75, 3.05) is 31.1 Å². The number of nitrogens with one attached hydrogen (secondary N) is 2. The van der Waals surface area contributed by atoms with Crippen LogP contribution >= 0.6 is 0 Å². The first-order valence-corrected chi connectivity index (χ1v) is 10.9. The van der Waals surface area contributed by atoms with Gasteiger partial charge in [-0.25, -0.2) is 8.42 Å². The molecule has 0 bridgehead atoms. The summed E-state index contributed by atoms with van der Waals surface area (Å²) in [6.45, 7) is 2.37. The number of rotatable bonds is 5. The van der Waals surface area contributed by atoms with Crippen LogP contribution in [0.25, 0.3) is 0 Å². The van der Waals surface area contributed by atoms with Gasteiger partial charge in [0.15, 0.2) is 5.96 Å². The van der Waals surface area contributed by atoms with Crippen LogP contribution in [0.15, 0.2) is 59.6 Å². The number of aliphatic imine (C=N–C) groups is 1. The van der Waals surface area contributed by atoms with Gasteiger partial charge in [0.05, 0.1) is 11.9 Å². The Morgan fingerprint density at radius 2 is 1.85 bits per heavy atom. The second-order valence-corrected chi connectivity index (χ2v) is 8.52. The monoisotopic (exact) mass is 386 g/mol. The molecule has 1 atom stereocenters. The molecule has 1 unspecified atom stereocenters. The average molecular weight is 387 g/mol. The van der Waals surface area contributed by atoms with E-state index in [0.29, 0.717) is 18.2 Å². The van der Waals surface area contributed by atoms with Gasteiger partial charge < -0.3 is 10.2 Å². The Morgan fingerprint density at radius 1 is 1.15 bits per heavy atom. The molecule has 27 heavy (non-hydrogen) atoms. The van der Waals surface area contributed by atoms with Crippen molar-refractivity contribution in [2.24, 2.45) is 4.99 Å². The molecule has 0 spiro atoms. The first-order chi connectivity index (χ1) is 13.0. The summed E-state index contributed by atoms with van der Waals surface area (Å²) in [6.07, 6.45) is 2.25. The van der Waals surface area contributed by atoms with Crippen molar-refractivity contribution in [1.29, 1.82) is 0 Å². The lowest BCUT2D eigenvalue weighted by Crippen LogP contribution is -2.39. The van der Waals surface area contributed by atoms with Crippen LogP contribution in [0.2, 0.25) is 0 Å². The van der Waals surface area contributed by atoms with Gasteiger partial charge in [0.2, 0.25) is 10.0 Å². The molecular formula is C20H26N4O2S. The average Bonchev–Trinajstić information content (AvgIpc) is 3.13. The summed E-state index contributed by atoms with van der Waals surface area (Å²) >= 11 is 0. The third-order valence-electron chi connectivity index (χ3n) is 4.72. The quantitative estimate of drug-likeness (QED) is 0.612. The summed E-state index contributed by atoms with van der Waals surface area (Å²) in [4.78, 5) is 6.66. The van der Waals surface area contributed by atoms with E-state index < -0.39 is 10.0 Å². The highest BCUT2D eigenvalue weighted by molar-refractivity contribution is 7.92. The molecule has 1 fully saturated rings. The van der Waals surface area contributed by atoms with Crippen molar-refractivity contribution in [1.82, 2.24) is 10.2 Å². The molecule has 1 saturated heterocycles. The maximum atomic E-state index is 11.6. The fourth-order valence-corrected chi connectivity index (χ4v) is 4.03. The number of hydrogen-bond donors (Lipinski definition) is 2. The van der Waals surface area contributed by atoms with Gasteiger partial charge in [-0.15, -0.1) is 0 Å². The summed E-state index contributed by atoms with van der Waals surface area (Å²) in [6, 6.07) is 17.9. The third-order valence-corrected chi connectivity index (χ3v) is 5.31. The Hall–Kier alpha value is -2.54. The minimum absolute atomic E-state index is 0.498. The lowest BCUT2D eigenvalue weighted by Gasteiger charge is -2.22. The first kappa shape index (κ1) is 19.2. The molecule has 0 radical (unpaired) electrons. The molecule has 7 heteroatoms. The maximum Gasteiger partial charge on any atom is 0.229 e. The SMILES string of the molecule is CN=C(NCc1ccccc1NS(C)(=O)=O)N1CCC(c2ccccc2)C1. The second-order valence-electron chi connectivity index (χ2n) is 6.77. The van der Waals surface area contributed by atoms with Gasteiger partial charge in [-0.05, 0) is 23.6 Å². The zero-order valence-corrected chi connectivity index (χ0v) is 16.5. The summed E-state index contributed by atoms with van der Waals surface area (Å²) in [5.41, 5.74) is 2.83. The van der Waals surface area contributed by atoms with Crippen LogP contribution in [0.4, 0.5) is 5.69 Å². The molecule has 1 aliphatic rings. The van der Waals surface area contributed by atoms with Gasteiger partial charge in [-0.1, -0.05) is 48.5 Å². The number of sulfonamides is 1. The molecule has 0 saturated carbocycles. The van der Waals surface area contributed by atoms with E-state index in [0.717, 1.165) is 37.3 Å². The van der Waals surface area contributed by atoms with E-state index in [1.54, 1.807) is 13.1 Å². The number of guanidine groups is 1. The topological polar surface area (TPSA) is 73.8 Å². The van der Waals surface area contributed by atoms with E-state index in [1.165, 1.54) is 5.56 Å². The second kappa shape index (κ2) is 8.43. The van der Waals surface area contributed by atoms with E-state index in [4.69, 9.17) is 0 Å². The number of hydrogen-bond acceptors (Lipinski definition) is 3. The van der Waals surface area contributed by atoms with Crippen molar-refractivity contribution in [2.45, 2.75) is 18.9 Å². The largest absolute Gasteiger partial charge is 0.352 e. The van der Waals surface area contributed by atoms with E-state index in [1.807, 2.05) is 24.3 Å².